The smallest absolute Gasteiger partial charge is 0.194 e. The summed E-state index contributed by atoms with van der Waals surface area (Å²) in [6.45, 7) is 0. The molecule has 76 valence electrons. The molecule has 0 atom stereocenters. The highest BCUT2D eigenvalue weighted by molar-refractivity contribution is 7.90. The van der Waals surface area contributed by atoms with E-state index < -0.39 is 9.84 Å². The van der Waals surface area contributed by atoms with Crippen LogP contribution in [0, 0.1) is 11.3 Å². The predicted octanol–water partition coefficient (Wildman–Crippen LogP) is 0.609. The second-order valence-electron chi connectivity index (χ2n) is 3.14. The molecule has 0 saturated carbocycles. The maximum Gasteiger partial charge on any atom is 0.194 e. The molecule has 0 spiro atoms. The van der Waals surface area contributed by atoms with Crippen molar-refractivity contribution in [3.05, 3.63) is 30.2 Å². The second-order valence-corrected chi connectivity index (χ2v) is 5.08. The van der Waals surface area contributed by atoms with E-state index in [2.05, 4.69) is 4.98 Å². The molecule has 0 fully saturated rings. The van der Waals surface area contributed by atoms with Gasteiger partial charge in [-0.25, -0.2) is 13.4 Å². The molecule has 6 heteroatoms. The molecule has 15 heavy (non-hydrogen) atoms. The molecule has 0 unspecified atom stereocenters. The highest BCUT2D eigenvalue weighted by Crippen LogP contribution is 2.15. The number of nitrogens with zero attached hydrogens (tertiary/aromatic N) is 3. The van der Waals surface area contributed by atoms with Crippen LogP contribution in [0.15, 0.2) is 29.7 Å². The van der Waals surface area contributed by atoms with Crippen molar-refractivity contribution >= 4 is 15.4 Å². The molecule has 0 radical (unpaired) electrons. The molecule has 0 aliphatic rings. The molecule has 2 aromatic rings. The molecule has 0 aliphatic carbocycles. The fourth-order valence-electron chi connectivity index (χ4n) is 1.33. The fourth-order valence-corrected chi connectivity index (χ4v) is 2.12. The Labute approximate surface area is 86.5 Å². The van der Waals surface area contributed by atoms with Crippen molar-refractivity contribution < 1.29 is 8.42 Å². The van der Waals surface area contributed by atoms with Crippen molar-refractivity contribution in [2.24, 2.45) is 0 Å². The molecule has 0 bridgehead atoms. The Morgan fingerprint density at radius 1 is 1.47 bits per heavy atom. The lowest BCUT2D eigenvalue weighted by Crippen LogP contribution is -1.98. The van der Waals surface area contributed by atoms with Crippen LogP contribution >= 0.6 is 0 Å². The van der Waals surface area contributed by atoms with Gasteiger partial charge in [0, 0.05) is 12.5 Å². The number of nitriles is 1. The Morgan fingerprint density at radius 2 is 2.20 bits per heavy atom. The Hall–Kier alpha value is -1.87. The van der Waals surface area contributed by atoms with E-state index in [-0.39, 0.29) is 5.03 Å². The third kappa shape index (κ3) is 1.57. The minimum absolute atomic E-state index is 0.0342. The van der Waals surface area contributed by atoms with Crippen molar-refractivity contribution in [3.63, 3.8) is 0 Å². The monoisotopic (exact) mass is 221 g/mol. The molecular weight excluding hydrogens is 214 g/mol. The summed E-state index contributed by atoms with van der Waals surface area (Å²) in [6.07, 6.45) is 4.02. The van der Waals surface area contributed by atoms with Gasteiger partial charge < -0.3 is 4.40 Å². The van der Waals surface area contributed by atoms with E-state index in [1.807, 2.05) is 6.07 Å². The second kappa shape index (κ2) is 3.07. The average molecular weight is 221 g/mol. The van der Waals surface area contributed by atoms with Crippen LogP contribution in [0.1, 0.15) is 5.56 Å². The van der Waals surface area contributed by atoms with Gasteiger partial charge in [0.25, 0.3) is 0 Å². The Morgan fingerprint density at radius 3 is 2.80 bits per heavy atom. The minimum atomic E-state index is -3.32. The van der Waals surface area contributed by atoms with Gasteiger partial charge in [-0.3, -0.25) is 0 Å². The number of fused-ring (bicyclic) bond motifs is 1. The quantitative estimate of drug-likeness (QED) is 0.707. The van der Waals surface area contributed by atoms with Gasteiger partial charge in [0.15, 0.2) is 14.9 Å². The molecule has 0 N–H and O–H groups in total. The molecule has 0 aliphatic heterocycles. The summed E-state index contributed by atoms with van der Waals surface area (Å²) in [6, 6.07) is 5.10. The van der Waals surface area contributed by atoms with Crippen LogP contribution in [-0.2, 0) is 9.84 Å². The number of aromatic nitrogens is 2. The number of sulfone groups is 1. The SMILES string of the molecule is CS(=O)(=O)c1ncn2cc(C#N)ccc12. The first-order chi connectivity index (χ1) is 7.02. The van der Waals surface area contributed by atoms with E-state index >= 15 is 0 Å². The standard InChI is InChI=1S/C9H7N3O2S/c1-15(13,14)9-8-3-2-7(4-10)5-12(8)6-11-9/h2-3,5-6H,1H3. The highest BCUT2D eigenvalue weighted by atomic mass is 32.2. The summed E-state index contributed by atoms with van der Waals surface area (Å²) in [5, 5.41) is 8.70. The maximum atomic E-state index is 11.3. The van der Waals surface area contributed by atoms with Gasteiger partial charge in [-0.2, -0.15) is 5.26 Å². The number of pyridine rings is 1. The Bertz CT molecular complexity index is 664. The lowest BCUT2D eigenvalue weighted by atomic mass is 10.3. The van der Waals surface area contributed by atoms with Crippen LogP contribution in [0.3, 0.4) is 0 Å². The van der Waals surface area contributed by atoms with Crippen molar-refractivity contribution in [1.82, 2.24) is 9.38 Å². The van der Waals surface area contributed by atoms with Crippen LogP contribution in [0.5, 0.6) is 0 Å². The lowest BCUT2D eigenvalue weighted by Gasteiger charge is -1.96. The molecule has 5 nitrogen and oxygen atoms in total. The zero-order valence-electron chi connectivity index (χ0n) is 7.88. The van der Waals surface area contributed by atoms with Crippen LogP contribution in [0.4, 0.5) is 0 Å². The summed E-state index contributed by atoms with van der Waals surface area (Å²) in [5.41, 5.74) is 0.941. The summed E-state index contributed by atoms with van der Waals surface area (Å²) < 4.78 is 24.2. The lowest BCUT2D eigenvalue weighted by molar-refractivity contribution is 0.600. The molecular formula is C9H7N3O2S. The van der Waals surface area contributed by atoms with Gasteiger partial charge in [-0.15, -0.1) is 0 Å². The van der Waals surface area contributed by atoms with Crippen LogP contribution in [0.25, 0.3) is 5.52 Å². The van der Waals surface area contributed by atoms with E-state index in [0.29, 0.717) is 11.1 Å². The van der Waals surface area contributed by atoms with E-state index in [1.165, 1.54) is 16.9 Å². The zero-order valence-corrected chi connectivity index (χ0v) is 8.69. The van der Waals surface area contributed by atoms with Gasteiger partial charge >= 0.3 is 0 Å². The molecule has 2 aromatic heterocycles. The molecule has 2 rings (SSSR count). The van der Waals surface area contributed by atoms with E-state index in [0.717, 1.165) is 6.26 Å². The summed E-state index contributed by atoms with van der Waals surface area (Å²) in [7, 11) is -3.32. The van der Waals surface area contributed by atoms with Crippen molar-refractivity contribution in [1.29, 1.82) is 5.26 Å². The summed E-state index contributed by atoms with van der Waals surface area (Å²) in [4.78, 5) is 3.81. The Balaban J connectivity index is 2.80. The number of imidazole rings is 1. The molecule has 0 amide bonds. The first-order valence-corrected chi connectivity index (χ1v) is 5.98. The number of rotatable bonds is 1. The van der Waals surface area contributed by atoms with E-state index in [9.17, 15) is 8.42 Å². The molecule has 0 saturated heterocycles. The summed E-state index contributed by atoms with van der Waals surface area (Å²) in [5.74, 6) is 0. The van der Waals surface area contributed by atoms with Gasteiger partial charge in [0.2, 0.25) is 0 Å². The number of hydrogen-bond donors (Lipinski definition) is 0. The van der Waals surface area contributed by atoms with Crippen molar-refractivity contribution in [2.45, 2.75) is 5.03 Å². The normalized spacial score (nSPS) is 11.5. The van der Waals surface area contributed by atoms with Crippen molar-refractivity contribution in [3.8, 4) is 6.07 Å². The predicted molar refractivity (Wildman–Crippen MR) is 53.0 cm³/mol. The molecule has 0 aromatic carbocycles. The first-order valence-electron chi connectivity index (χ1n) is 4.09. The topological polar surface area (TPSA) is 75.2 Å². The van der Waals surface area contributed by atoms with Gasteiger partial charge in [0.1, 0.15) is 12.4 Å². The van der Waals surface area contributed by atoms with Crippen LogP contribution in [0.2, 0.25) is 0 Å². The third-order valence-electron chi connectivity index (χ3n) is 1.98. The van der Waals surface area contributed by atoms with Crippen LogP contribution < -0.4 is 0 Å². The maximum absolute atomic E-state index is 11.3. The van der Waals surface area contributed by atoms with Gasteiger partial charge in [-0.1, -0.05) is 0 Å². The minimum Gasteiger partial charge on any atom is -0.304 e. The van der Waals surface area contributed by atoms with Crippen molar-refractivity contribution in [2.75, 3.05) is 6.26 Å². The zero-order chi connectivity index (χ0) is 11.1. The highest BCUT2D eigenvalue weighted by Gasteiger charge is 2.14. The third-order valence-corrected chi connectivity index (χ3v) is 2.99. The van der Waals surface area contributed by atoms with Crippen LogP contribution in [-0.4, -0.2) is 24.1 Å². The Kier molecular flexibility index (Phi) is 1.98. The average Bonchev–Trinajstić information content (AvgIpc) is 2.59. The fraction of sp³-hybridized carbons (Fsp3) is 0.111. The van der Waals surface area contributed by atoms with E-state index in [4.69, 9.17) is 5.26 Å². The number of hydrogen-bond acceptors (Lipinski definition) is 4. The first kappa shape index (κ1) is 9.68. The van der Waals surface area contributed by atoms with Gasteiger partial charge in [0.05, 0.1) is 11.1 Å². The molecule has 2 heterocycles. The van der Waals surface area contributed by atoms with E-state index in [1.54, 1.807) is 12.1 Å². The van der Waals surface area contributed by atoms with Gasteiger partial charge in [-0.05, 0) is 12.1 Å². The summed E-state index contributed by atoms with van der Waals surface area (Å²) >= 11 is 0. The largest absolute Gasteiger partial charge is 0.304 e.